The summed E-state index contributed by atoms with van der Waals surface area (Å²) in [5.74, 6) is -0.293. The molecule has 3 heterocycles. The lowest BCUT2D eigenvalue weighted by atomic mass is 10.0. The van der Waals surface area contributed by atoms with Gasteiger partial charge in [0.05, 0.1) is 22.3 Å². The van der Waals surface area contributed by atoms with Gasteiger partial charge in [0.2, 0.25) is 5.91 Å². The van der Waals surface area contributed by atoms with E-state index in [-0.39, 0.29) is 17.5 Å². The lowest BCUT2D eigenvalue weighted by molar-refractivity contribution is -0.119. The summed E-state index contributed by atoms with van der Waals surface area (Å²) in [7, 11) is 0. The zero-order chi connectivity index (χ0) is 24.6. The van der Waals surface area contributed by atoms with Crippen molar-refractivity contribution in [1.29, 1.82) is 0 Å². The molecule has 0 saturated heterocycles. The number of ether oxygens (including phenoxy) is 2. The van der Waals surface area contributed by atoms with Crippen LogP contribution in [0.3, 0.4) is 0 Å². The van der Waals surface area contributed by atoms with Crippen molar-refractivity contribution in [2.24, 2.45) is 0 Å². The Kier molecular flexibility index (Phi) is 5.33. The molecule has 3 amide bonds. The van der Waals surface area contributed by atoms with Crippen LogP contribution < -0.4 is 14.8 Å². The average molecular weight is 479 g/mol. The van der Waals surface area contributed by atoms with Crippen molar-refractivity contribution in [1.82, 2.24) is 9.88 Å². The monoisotopic (exact) mass is 479 g/mol. The Morgan fingerprint density at radius 1 is 0.889 bits per heavy atom. The minimum Gasteiger partial charge on any atom is -0.486 e. The van der Waals surface area contributed by atoms with Gasteiger partial charge in [0.15, 0.2) is 11.5 Å². The summed E-state index contributed by atoms with van der Waals surface area (Å²) < 4.78 is 11.3. The highest BCUT2D eigenvalue weighted by atomic mass is 16.6. The summed E-state index contributed by atoms with van der Waals surface area (Å²) in [5.41, 5.74) is 2.42. The van der Waals surface area contributed by atoms with Crippen LogP contribution in [0.5, 0.6) is 11.5 Å². The predicted octanol–water partition coefficient (Wildman–Crippen LogP) is 3.85. The van der Waals surface area contributed by atoms with Crippen LogP contribution in [-0.2, 0) is 11.2 Å². The Hall–Kier alpha value is -4.72. The molecule has 1 aromatic heterocycles. The fourth-order valence-electron chi connectivity index (χ4n) is 4.65. The van der Waals surface area contributed by atoms with E-state index < -0.39 is 23.8 Å². The lowest BCUT2D eigenvalue weighted by Crippen LogP contribution is -2.48. The maximum Gasteiger partial charge on any atom is 0.262 e. The highest BCUT2D eigenvalue weighted by molar-refractivity contribution is 6.23. The van der Waals surface area contributed by atoms with Crippen molar-refractivity contribution in [2.45, 2.75) is 12.5 Å². The normalized spacial score (nSPS) is 15.1. The number of aromatic nitrogens is 1. The molecule has 0 fully saturated rings. The molecule has 36 heavy (non-hydrogen) atoms. The van der Waals surface area contributed by atoms with Crippen molar-refractivity contribution in [3.63, 3.8) is 0 Å². The summed E-state index contributed by atoms with van der Waals surface area (Å²) in [4.78, 5) is 45.8. The summed E-state index contributed by atoms with van der Waals surface area (Å²) >= 11 is 0. The Bertz CT molecular complexity index is 1490. The molecule has 0 bridgehead atoms. The summed E-state index contributed by atoms with van der Waals surface area (Å²) in [6.07, 6.45) is 1.75. The van der Waals surface area contributed by atoms with Gasteiger partial charge in [0.25, 0.3) is 11.8 Å². The maximum absolute atomic E-state index is 13.7. The number of hydrogen-bond acceptors (Lipinski definition) is 6. The number of nitrogens with one attached hydrogen (secondary N) is 1. The largest absolute Gasteiger partial charge is 0.486 e. The quantitative estimate of drug-likeness (QED) is 0.437. The van der Waals surface area contributed by atoms with Gasteiger partial charge in [-0.15, -0.1) is 0 Å². The molecule has 2 aliphatic heterocycles. The summed E-state index contributed by atoms with van der Waals surface area (Å²) in [5, 5.41) is 3.77. The van der Waals surface area contributed by atoms with E-state index in [4.69, 9.17) is 9.47 Å². The van der Waals surface area contributed by atoms with Crippen LogP contribution >= 0.6 is 0 Å². The predicted molar refractivity (Wildman–Crippen MR) is 132 cm³/mol. The molecule has 0 spiro atoms. The Morgan fingerprint density at radius 3 is 2.39 bits per heavy atom. The van der Waals surface area contributed by atoms with E-state index in [9.17, 15) is 14.4 Å². The molecule has 1 atom stereocenters. The second-order valence-electron chi connectivity index (χ2n) is 8.59. The van der Waals surface area contributed by atoms with Crippen molar-refractivity contribution < 1.29 is 23.9 Å². The Morgan fingerprint density at radius 2 is 1.61 bits per heavy atom. The van der Waals surface area contributed by atoms with Crippen LogP contribution in [0.4, 0.5) is 5.69 Å². The van der Waals surface area contributed by atoms with Crippen LogP contribution in [0.15, 0.2) is 79.0 Å². The van der Waals surface area contributed by atoms with E-state index in [1.807, 2.05) is 30.3 Å². The zero-order valence-electron chi connectivity index (χ0n) is 19.1. The number of amides is 3. The van der Waals surface area contributed by atoms with Crippen LogP contribution in [-0.4, -0.2) is 46.9 Å². The molecule has 0 aliphatic carbocycles. The summed E-state index contributed by atoms with van der Waals surface area (Å²) in [6, 6.07) is 20.0. The minimum absolute atomic E-state index is 0.103. The third-order valence-corrected chi connectivity index (χ3v) is 6.37. The topological polar surface area (TPSA) is 97.8 Å². The molecule has 6 rings (SSSR count). The van der Waals surface area contributed by atoms with Gasteiger partial charge < -0.3 is 14.8 Å². The molecule has 8 heteroatoms. The van der Waals surface area contributed by atoms with Gasteiger partial charge in [-0.1, -0.05) is 36.4 Å². The average Bonchev–Trinajstić information content (AvgIpc) is 3.17. The molecule has 1 N–H and O–H groups in total. The van der Waals surface area contributed by atoms with Gasteiger partial charge in [-0.2, -0.15) is 0 Å². The first-order valence-corrected chi connectivity index (χ1v) is 11.6. The molecule has 0 radical (unpaired) electrons. The van der Waals surface area contributed by atoms with Crippen molar-refractivity contribution >= 4 is 34.3 Å². The molecule has 0 saturated carbocycles. The second-order valence-corrected chi connectivity index (χ2v) is 8.59. The number of carbonyl (C=O) groups is 3. The summed E-state index contributed by atoms with van der Waals surface area (Å²) in [6.45, 7) is 0.887. The number of anilines is 1. The number of fused-ring (bicyclic) bond motifs is 3. The van der Waals surface area contributed by atoms with Crippen molar-refractivity contribution in [2.75, 3.05) is 18.5 Å². The number of rotatable bonds is 5. The molecule has 0 unspecified atom stereocenters. The van der Waals surface area contributed by atoms with Gasteiger partial charge in [-0.3, -0.25) is 24.3 Å². The fourth-order valence-corrected chi connectivity index (χ4v) is 4.65. The number of para-hydroxylation sites is 1. The van der Waals surface area contributed by atoms with Crippen molar-refractivity contribution in [3.05, 3.63) is 95.7 Å². The number of carbonyl (C=O) groups excluding carboxylic acids is 3. The van der Waals surface area contributed by atoms with Gasteiger partial charge in [0, 0.05) is 18.0 Å². The molecule has 8 nitrogen and oxygen atoms in total. The van der Waals surface area contributed by atoms with Crippen LogP contribution in [0.2, 0.25) is 0 Å². The third-order valence-electron chi connectivity index (χ3n) is 6.37. The first kappa shape index (κ1) is 21.8. The smallest absolute Gasteiger partial charge is 0.262 e. The Balaban J connectivity index is 1.37. The van der Waals surface area contributed by atoms with E-state index in [2.05, 4.69) is 10.3 Å². The van der Waals surface area contributed by atoms with E-state index >= 15 is 0 Å². The van der Waals surface area contributed by atoms with Crippen LogP contribution in [0.25, 0.3) is 10.9 Å². The molecule has 178 valence electrons. The van der Waals surface area contributed by atoms with Crippen LogP contribution in [0, 0.1) is 0 Å². The lowest BCUT2D eigenvalue weighted by Gasteiger charge is -2.26. The molecule has 2 aliphatic rings. The molecule has 3 aromatic carbocycles. The first-order valence-electron chi connectivity index (χ1n) is 11.6. The first-order chi connectivity index (χ1) is 17.6. The maximum atomic E-state index is 13.7. The van der Waals surface area contributed by atoms with Crippen LogP contribution in [0.1, 0.15) is 26.3 Å². The van der Waals surface area contributed by atoms with E-state index in [0.717, 1.165) is 15.8 Å². The molecular formula is C28H21N3O5. The fraction of sp³-hybridized carbons (Fsp3) is 0.143. The van der Waals surface area contributed by atoms with E-state index in [1.165, 1.54) is 0 Å². The van der Waals surface area contributed by atoms with E-state index in [1.54, 1.807) is 48.7 Å². The van der Waals surface area contributed by atoms with E-state index in [0.29, 0.717) is 35.9 Å². The molecular weight excluding hydrogens is 458 g/mol. The Labute approximate surface area is 206 Å². The highest BCUT2D eigenvalue weighted by Gasteiger charge is 2.42. The minimum atomic E-state index is -1.10. The zero-order valence-corrected chi connectivity index (χ0v) is 19.1. The molecule has 4 aromatic rings. The number of imide groups is 1. The van der Waals surface area contributed by atoms with Gasteiger partial charge in [-0.05, 0) is 42.0 Å². The number of nitrogens with zero attached hydrogens (tertiary/aromatic N) is 2. The number of hydrogen-bond donors (Lipinski definition) is 1. The second kappa shape index (κ2) is 8.81. The SMILES string of the molecule is O=C(Nc1cccc2cccnc12)[C@H](Cc1ccc2c(c1)OCCO2)N1C(=O)c2ccccc2C1=O. The number of pyridine rings is 1. The highest BCUT2D eigenvalue weighted by Crippen LogP contribution is 2.33. The van der Waals surface area contributed by atoms with Gasteiger partial charge >= 0.3 is 0 Å². The number of benzene rings is 3. The standard InChI is InChI=1S/C28H21N3O5/c32-26(30-21-9-3-5-18-6-4-12-29-25(18)21)22(15-17-10-11-23-24(16-17)36-14-13-35-23)31-27(33)19-7-1-2-8-20(19)28(31)34/h1-12,16,22H,13-15H2,(H,30,32)/t22-/m0/s1. The van der Waals surface area contributed by atoms with Gasteiger partial charge in [0.1, 0.15) is 19.3 Å². The third kappa shape index (κ3) is 3.73. The van der Waals surface area contributed by atoms with Gasteiger partial charge in [-0.25, -0.2) is 0 Å². The van der Waals surface area contributed by atoms with Crippen molar-refractivity contribution in [3.8, 4) is 11.5 Å².